The van der Waals surface area contributed by atoms with Crippen molar-refractivity contribution in [3.63, 3.8) is 0 Å². The van der Waals surface area contributed by atoms with E-state index in [9.17, 15) is 23.7 Å². The number of nitro benzene ring substituents is 1. The second-order valence-corrected chi connectivity index (χ2v) is 8.12. The van der Waals surface area contributed by atoms with E-state index in [0.29, 0.717) is 18.8 Å². The fourth-order valence-electron chi connectivity index (χ4n) is 4.36. The highest BCUT2D eigenvalue weighted by atomic mass is 19.1. The molecule has 9 nitrogen and oxygen atoms in total. The number of halogens is 2. The molecule has 1 fully saturated rings. The van der Waals surface area contributed by atoms with Gasteiger partial charge in [-0.2, -0.15) is 0 Å². The molecule has 0 bridgehead atoms. The summed E-state index contributed by atoms with van der Waals surface area (Å²) in [6.07, 6.45) is 3.88. The molecular formula is C24H19F2N5O4. The topological polar surface area (TPSA) is 112 Å². The maximum Gasteiger partial charge on any atom is 0.271 e. The third-order valence-corrected chi connectivity index (χ3v) is 5.98. The lowest BCUT2D eigenvalue weighted by Crippen LogP contribution is -2.29. The fraction of sp³-hybridized carbons (Fsp3) is 0.208. The number of benzene rings is 2. The molecule has 1 N–H and O–H groups in total. The van der Waals surface area contributed by atoms with Gasteiger partial charge in [-0.3, -0.25) is 24.5 Å². The molecule has 2 aromatic heterocycles. The molecule has 2 aromatic carbocycles. The summed E-state index contributed by atoms with van der Waals surface area (Å²) in [7, 11) is 1.33. The van der Waals surface area contributed by atoms with Crippen molar-refractivity contribution >= 4 is 16.6 Å². The Kier molecular flexibility index (Phi) is 5.69. The minimum atomic E-state index is -0.673. The first-order valence-corrected chi connectivity index (χ1v) is 10.8. The van der Waals surface area contributed by atoms with Crippen molar-refractivity contribution in [1.82, 2.24) is 19.9 Å². The summed E-state index contributed by atoms with van der Waals surface area (Å²) in [6.45, 7) is 0.705. The van der Waals surface area contributed by atoms with Crippen LogP contribution in [0.15, 0.2) is 53.6 Å². The minimum absolute atomic E-state index is 0.00705. The summed E-state index contributed by atoms with van der Waals surface area (Å²) in [4.78, 5) is 33.4. The zero-order valence-electron chi connectivity index (χ0n) is 18.5. The van der Waals surface area contributed by atoms with E-state index in [1.165, 1.54) is 42.1 Å². The molecule has 0 spiro atoms. The molecule has 0 saturated carbocycles. The maximum absolute atomic E-state index is 14.6. The van der Waals surface area contributed by atoms with Crippen LogP contribution in [-0.2, 0) is 0 Å². The third-order valence-electron chi connectivity index (χ3n) is 5.98. The number of hydrogen-bond acceptors (Lipinski definition) is 7. The van der Waals surface area contributed by atoms with Gasteiger partial charge in [-0.15, -0.1) is 0 Å². The van der Waals surface area contributed by atoms with Crippen molar-refractivity contribution in [2.24, 2.45) is 0 Å². The zero-order chi connectivity index (χ0) is 24.7. The highest BCUT2D eigenvalue weighted by Crippen LogP contribution is 2.33. The van der Waals surface area contributed by atoms with Gasteiger partial charge in [0, 0.05) is 35.5 Å². The first kappa shape index (κ1) is 22.5. The van der Waals surface area contributed by atoms with Crippen molar-refractivity contribution in [2.45, 2.75) is 18.9 Å². The summed E-state index contributed by atoms with van der Waals surface area (Å²) >= 11 is 0. The monoisotopic (exact) mass is 479 g/mol. The highest BCUT2D eigenvalue weighted by Gasteiger charge is 2.27. The van der Waals surface area contributed by atoms with Crippen molar-refractivity contribution in [2.75, 3.05) is 13.7 Å². The Morgan fingerprint density at radius 3 is 2.69 bits per heavy atom. The normalized spacial score (nSPS) is 15.5. The molecule has 4 aromatic rings. The van der Waals surface area contributed by atoms with E-state index in [2.05, 4.69) is 10.3 Å². The second-order valence-electron chi connectivity index (χ2n) is 8.12. The quantitative estimate of drug-likeness (QED) is 0.339. The standard InChI is InChI=1S/C24H19F2N5O4/c1-35-21-5-4-15(10-19(21)26)30-23(20-3-2-6-28-20)29-22-17(13-7-14(25)12-27-11-13)8-16(31(33)34)9-18(22)24(30)32/h4-5,7-12,20,28H,2-3,6H2,1H3. The fourth-order valence-corrected chi connectivity index (χ4v) is 4.36. The lowest BCUT2D eigenvalue weighted by atomic mass is 10.0. The number of hydrogen-bond donors (Lipinski definition) is 1. The largest absolute Gasteiger partial charge is 0.494 e. The number of nitrogens with zero attached hydrogens (tertiary/aromatic N) is 4. The van der Waals surface area contributed by atoms with E-state index in [1.807, 2.05) is 0 Å². The summed E-state index contributed by atoms with van der Waals surface area (Å²) in [5, 5.41) is 14.9. The number of non-ortho nitro benzene ring substituents is 1. The second kappa shape index (κ2) is 8.84. The molecule has 35 heavy (non-hydrogen) atoms. The molecule has 11 heteroatoms. The van der Waals surface area contributed by atoms with Crippen LogP contribution >= 0.6 is 0 Å². The Hall–Kier alpha value is -4.25. The van der Waals surface area contributed by atoms with Gasteiger partial charge in [0.1, 0.15) is 11.6 Å². The SMILES string of the molecule is COc1ccc(-n2c(C3CCCN3)nc3c(-c4cncc(F)c4)cc([N+](=O)[O-])cc3c2=O)cc1F. The van der Waals surface area contributed by atoms with Crippen molar-refractivity contribution in [3.05, 3.63) is 86.7 Å². The van der Waals surface area contributed by atoms with Gasteiger partial charge in [0.15, 0.2) is 11.6 Å². The van der Waals surface area contributed by atoms with Gasteiger partial charge < -0.3 is 10.1 Å². The van der Waals surface area contributed by atoms with Crippen molar-refractivity contribution in [3.8, 4) is 22.6 Å². The van der Waals surface area contributed by atoms with Gasteiger partial charge in [0.25, 0.3) is 11.2 Å². The number of fused-ring (bicyclic) bond motifs is 1. The molecule has 0 aliphatic carbocycles. The number of methoxy groups -OCH3 is 1. The Morgan fingerprint density at radius 2 is 2.03 bits per heavy atom. The first-order valence-electron chi connectivity index (χ1n) is 10.8. The van der Waals surface area contributed by atoms with Crippen LogP contribution in [0.1, 0.15) is 24.7 Å². The van der Waals surface area contributed by atoms with Gasteiger partial charge >= 0.3 is 0 Å². The lowest BCUT2D eigenvalue weighted by molar-refractivity contribution is -0.384. The Bertz CT molecular complexity index is 1530. The van der Waals surface area contributed by atoms with Gasteiger partial charge in [-0.05, 0) is 37.6 Å². The van der Waals surface area contributed by atoms with Crippen LogP contribution in [0.5, 0.6) is 5.75 Å². The molecule has 1 aliphatic heterocycles. The van der Waals surface area contributed by atoms with Crippen LogP contribution in [0, 0.1) is 21.7 Å². The van der Waals surface area contributed by atoms with Crippen LogP contribution in [-0.4, -0.2) is 33.1 Å². The number of rotatable bonds is 5. The predicted molar refractivity (Wildman–Crippen MR) is 124 cm³/mol. The van der Waals surface area contributed by atoms with E-state index < -0.39 is 22.1 Å². The average Bonchev–Trinajstić information content (AvgIpc) is 3.38. The molecule has 0 amide bonds. The number of nitro groups is 1. The molecule has 178 valence electrons. The van der Waals surface area contributed by atoms with Crippen LogP contribution in [0.3, 0.4) is 0 Å². The van der Waals surface area contributed by atoms with Crippen molar-refractivity contribution < 1.29 is 18.4 Å². The third kappa shape index (κ3) is 3.99. The summed E-state index contributed by atoms with van der Waals surface area (Å²) in [5.74, 6) is -0.980. The number of aromatic nitrogens is 3. The number of ether oxygens (including phenoxy) is 1. The van der Waals surface area contributed by atoms with E-state index in [0.717, 1.165) is 24.8 Å². The maximum atomic E-state index is 14.6. The molecule has 0 radical (unpaired) electrons. The van der Waals surface area contributed by atoms with E-state index in [4.69, 9.17) is 9.72 Å². The van der Waals surface area contributed by atoms with Gasteiger partial charge in [0.2, 0.25) is 0 Å². The smallest absolute Gasteiger partial charge is 0.271 e. The van der Waals surface area contributed by atoms with E-state index >= 15 is 0 Å². The molecule has 1 aliphatic rings. The van der Waals surface area contributed by atoms with E-state index in [-0.39, 0.29) is 45.2 Å². The molecule has 5 rings (SSSR count). The Labute approximate surface area is 197 Å². The Morgan fingerprint density at radius 1 is 1.20 bits per heavy atom. The molecule has 3 heterocycles. The number of nitrogens with one attached hydrogen (secondary N) is 1. The summed E-state index contributed by atoms with van der Waals surface area (Å²) in [6, 6.07) is 7.30. The first-order chi connectivity index (χ1) is 16.9. The number of pyridine rings is 1. The van der Waals surface area contributed by atoms with Crippen LogP contribution in [0.25, 0.3) is 27.7 Å². The predicted octanol–water partition coefficient (Wildman–Crippen LogP) is 4.07. The average molecular weight is 479 g/mol. The van der Waals surface area contributed by atoms with Crippen LogP contribution < -0.4 is 15.6 Å². The van der Waals surface area contributed by atoms with Gasteiger partial charge in [-0.1, -0.05) is 0 Å². The lowest BCUT2D eigenvalue weighted by Gasteiger charge is -2.19. The van der Waals surface area contributed by atoms with Crippen LogP contribution in [0.4, 0.5) is 14.5 Å². The van der Waals surface area contributed by atoms with Crippen molar-refractivity contribution in [1.29, 1.82) is 0 Å². The molecule has 1 saturated heterocycles. The Balaban J connectivity index is 1.88. The van der Waals surface area contributed by atoms with Gasteiger partial charge in [0.05, 0.1) is 40.9 Å². The van der Waals surface area contributed by atoms with Gasteiger partial charge in [-0.25, -0.2) is 13.8 Å². The summed E-state index contributed by atoms with van der Waals surface area (Å²) < 4.78 is 34.8. The molecule has 1 atom stereocenters. The highest BCUT2D eigenvalue weighted by molar-refractivity contribution is 5.95. The zero-order valence-corrected chi connectivity index (χ0v) is 18.5. The molecule has 1 unspecified atom stereocenters. The minimum Gasteiger partial charge on any atom is -0.494 e. The van der Waals surface area contributed by atoms with E-state index in [1.54, 1.807) is 0 Å². The molecular weight excluding hydrogens is 460 g/mol. The summed E-state index contributed by atoms with van der Waals surface area (Å²) in [5.41, 5.74) is -0.170. The van der Waals surface area contributed by atoms with Crippen LogP contribution in [0.2, 0.25) is 0 Å².